The first-order valence-corrected chi connectivity index (χ1v) is 6.92. The number of hydrogen-bond acceptors (Lipinski definition) is 3. The first kappa shape index (κ1) is 12.8. The van der Waals surface area contributed by atoms with Gasteiger partial charge in [0.1, 0.15) is 0 Å². The number of carbonyl (C=O) groups is 1. The van der Waals surface area contributed by atoms with Gasteiger partial charge < -0.3 is 15.5 Å². The number of piperazine rings is 1. The standard InChI is InChI=1S/C13H25N3O/c1-16-8-7-14-12(10-16)9-13(17)15-6-5-11-3-2-4-11/h11-12,14H,2-10H2,1H3,(H,15,17). The lowest BCUT2D eigenvalue weighted by atomic mass is 9.83. The summed E-state index contributed by atoms with van der Waals surface area (Å²) in [5.41, 5.74) is 0. The van der Waals surface area contributed by atoms with Crippen molar-refractivity contribution in [3.8, 4) is 0 Å². The number of nitrogens with zero attached hydrogens (tertiary/aromatic N) is 1. The highest BCUT2D eigenvalue weighted by molar-refractivity contribution is 5.76. The molecule has 2 N–H and O–H groups in total. The van der Waals surface area contributed by atoms with E-state index < -0.39 is 0 Å². The molecule has 2 aliphatic rings. The van der Waals surface area contributed by atoms with Gasteiger partial charge in [-0.2, -0.15) is 0 Å². The van der Waals surface area contributed by atoms with Crippen molar-refractivity contribution >= 4 is 5.91 Å². The molecule has 2 fully saturated rings. The largest absolute Gasteiger partial charge is 0.356 e. The molecule has 4 heteroatoms. The van der Waals surface area contributed by atoms with E-state index in [0.717, 1.165) is 32.1 Å². The van der Waals surface area contributed by atoms with Gasteiger partial charge in [0.15, 0.2) is 0 Å². The van der Waals surface area contributed by atoms with E-state index in [2.05, 4.69) is 22.6 Å². The van der Waals surface area contributed by atoms with E-state index in [1.54, 1.807) is 0 Å². The molecule has 1 atom stereocenters. The number of nitrogens with one attached hydrogen (secondary N) is 2. The summed E-state index contributed by atoms with van der Waals surface area (Å²) in [5.74, 6) is 1.09. The van der Waals surface area contributed by atoms with Crippen LogP contribution in [0.1, 0.15) is 32.1 Å². The van der Waals surface area contributed by atoms with Crippen molar-refractivity contribution in [2.45, 2.75) is 38.1 Å². The van der Waals surface area contributed by atoms with E-state index in [4.69, 9.17) is 0 Å². The molecule has 0 aromatic rings. The zero-order chi connectivity index (χ0) is 12.1. The van der Waals surface area contributed by atoms with Crippen molar-refractivity contribution < 1.29 is 4.79 Å². The molecule has 1 saturated carbocycles. The zero-order valence-corrected chi connectivity index (χ0v) is 10.9. The molecule has 0 bridgehead atoms. The Morgan fingerprint density at radius 3 is 2.94 bits per heavy atom. The average molecular weight is 239 g/mol. The monoisotopic (exact) mass is 239 g/mol. The smallest absolute Gasteiger partial charge is 0.221 e. The van der Waals surface area contributed by atoms with Crippen molar-refractivity contribution in [2.75, 3.05) is 33.2 Å². The summed E-state index contributed by atoms with van der Waals surface area (Å²) in [6, 6.07) is 0.331. The lowest BCUT2D eigenvalue weighted by molar-refractivity contribution is -0.121. The number of hydrogen-bond donors (Lipinski definition) is 2. The van der Waals surface area contributed by atoms with Gasteiger partial charge in [-0.25, -0.2) is 0 Å². The molecule has 0 aromatic carbocycles. The minimum absolute atomic E-state index is 0.206. The number of likely N-dealkylation sites (N-methyl/N-ethyl adjacent to an activating group) is 1. The second-order valence-electron chi connectivity index (χ2n) is 5.55. The molecular weight excluding hydrogens is 214 g/mol. The molecule has 2 rings (SSSR count). The third-order valence-electron chi connectivity index (χ3n) is 3.99. The third-order valence-corrected chi connectivity index (χ3v) is 3.99. The summed E-state index contributed by atoms with van der Waals surface area (Å²) in [4.78, 5) is 14.0. The van der Waals surface area contributed by atoms with Crippen molar-refractivity contribution in [3.05, 3.63) is 0 Å². The van der Waals surface area contributed by atoms with E-state index in [1.165, 1.54) is 25.7 Å². The third kappa shape index (κ3) is 4.28. The predicted molar refractivity (Wildman–Crippen MR) is 68.9 cm³/mol. The molecule has 1 saturated heterocycles. The summed E-state index contributed by atoms with van der Waals surface area (Å²) in [6.45, 7) is 3.93. The summed E-state index contributed by atoms with van der Waals surface area (Å²) in [7, 11) is 2.11. The lowest BCUT2D eigenvalue weighted by Gasteiger charge is -2.30. The Balaban J connectivity index is 1.56. The summed E-state index contributed by atoms with van der Waals surface area (Å²) >= 11 is 0. The quantitative estimate of drug-likeness (QED) is 0.738. The van der Waals surface area contributed by atoms with Crippen LogP contribution in [0.15, 0.2) is 0 Å². The van der Waals surface area contributed by atoms with Crippen molar-refractivity contribution in [2.24, 2.45) is 5.92 Å². The van der Waals surface area contributed by atoms with Crippen LogP contribution in [-0.2, 0) is 4.79 Å². The Morgan fingerprint density at radius 2 is 2.29 bits per heavy atom. The van der Waals surface area contributed by atoms with Crippen LogP contribution in [0.3, 0.4) is 0 Å². The molecule has 1 aliphatic carbocycles. The van der Waals surface area contributed by atoms with E-state index >= 15 is 0 Å². The van der Waals surface area contributed by atoms with Gasteiger partial charge in [0.25, 0.3) is 0 Å². The fourth-order valence-corrected chi connectivity index (χ4v) is 2.62. The van der Waals surface area contributed by atoms with Crippen LogP contribution < -0.4 is 10.6 Å². The lowest BCUT2D eigenvalue weighted by Crippen LogP contribution is -2.50. The van der Waals surface area contributed by atoms with Crippen LogP contribution in [0, 0.1) is 5.92 Å². The molecule has 17 heavy (non-hydrogen) atoms. The maximum absolute atomic E-state index is 11.7. The highest BCUT2D eigenvalue weighted by Gasteiger charge is 2.20. The fourth-order valence-electron chi connectivity index (χ4n) is 2.62. The molecule has 98 valence electrons. The number of carbonyl (C=O) groups excluding carboxylic acids is 1. The van der Waals surface area contributed by atoms with E-state index in [0.29, 0.717) is 12.5 Å². The van der Waals surface area contributed by atoms with Gasteiger partial charge in [-0.15, -0.1) is 0 Å². The molecule has 1 amide bonds. The van der Waals surface area contributed by atoms with Crippen LogP contribution in [-0.4, -0.2) is 50.1 Å². The van der Waals surface area contributed by atoms with Crippen LogP contribution >= 0.6 is 0 Å². The first-order valence-electron chi connectivity index (χ1n) is 6.92. The molecular formula is C13H25N3O. The van der Waals surface area contributed by atoms with Crippen molar-refractivity contribution in [1.29, 1.82) is 0 Å². The number of amides is 1. The Labute approximate surface area is 104 Å². The van der Waals surface area contributed by atoms with Crippen molar-refractivity contribution in [3.63, 3.8) is 0 Å². The van der Waals surface area contributed by atoms with Crippen LogP contribution in [0.2, 0.25) is 0 Å². The Bertz CT molecular complexity index is 253. The normalized spacial score (nSPS) is 26.5. The molecule has 0 radical (unpaired) electrons. The maximum Gasteiger partial charge on any atom is 0.221 e. The second kappa shape index (κ2) is 6.36. The van der Waals surface area contributed by atoms with Gasteiger partial charge in [-0.1, -0.05) is 19.3 Å². The first-order chi connectivity index (χ1) is 8.24. The summed E-state index contributed by atoms with van der Waals surface area (Å²) < 4.78 is 0. The molecule has 0 aromatic heterocycles. The van der Waals surface area contributed by atoms with Gasteiger partial charge in [-0.05, 0) is 19.4 Å². The van der Waals surface area contributed by atoms with Crippen LogP contribution in [0.4, 0.5) is 0 Å². The van der Waals surface area contributed by atoms with Crippen LogP contribution in [0.5, 0.6) is 0 Å². The van der Waals surface area contributed by atoms with Gasteiger partial charge in [0.05, 0.1) is 0 Å². The fraction of sp³-hybridized carbons (Fsp3) is 0.923. The predicted octanol–water partition coefficient (Wildman–Crippen LogP) is 0.587. The summed E-state index contributed by atoms with van der Waals surface area (Å²) in [6.07, 6.45) is 5.91. The van der Waals surface area contributed by atoms with E-state index in [9.17, 15) is 4.79 Å². The topological polar surface area (TPSA) is 44.4 Å². The second-order valence-corrected chi connectivity index (χ2v) is 5.55. The molecule has 1 unspecified atom stereocenters. The SMILES string of the molecule is CN1CCNC(CC(=O)NCCC2CCC2)C1. The molecule has 1 aliphatic heterocycles. The Hall–Kier alpha value is -0.610. The minimum atomic E-state index is 0.206. The highest BCUT2D eigenvalue weighted by Crippen LogP contribution is 2.28. The van der Waals surface area contributed by atoms with Crippen LogP contribution in [0.25, 0.3) is 0 Å². The molecule has 1 heterocycles. The maximum atomic E-state index is 11.7. The number of rotatable bonds is 5. The van der Waals surface area contributed by atoms with Gasteiger partial charge in [0, 0.05) is 38.6 Å². The van der Waals surface area contributed by atoms with Gasteiger partial charge >= 0.3 is 0 Å². The minimum Gasteiger partial charge on any atom is -0.356 e. The Kier molecular flexibility index (Phi) is 4.80. The molecule has 4 nitrogen and oxygen atoms in total. The zero-order valence-electron chi connectivity index (χ0n) is 10.9. The van der Waals surface area contributed by atoms with E-state index in [-0.39, 0.29) is 5.91 Å². The van der Waals surface area contributed by atoms with Crippen molar-refractivity contribution in [1.82, 2.24) is 15.5 Å². The average Bonchev–Trinajstić information content (AvgIpc) is 2.22. The summed E-state index contributed by atoms with van der Waals surface area (Å²) in [5, 5.41) is 6.45. The molecule has 0 spiro atoms. The highest BCUT2D eigenvalue weighted by atomic mass is 16.1. The van der Waals surface area contributed by atoms with E-state index in [1.807, 2.05) is 0 Å². The van der Waals surface area contributed by atoms with Gasteiger partial charge in [-0.3, -0.25) is 4.79 Å². The Morgan fingerprint density at radius 1 is 1.47 bits per heavy atom. The van der Waals surface area contributed by atoms with Gasteiger partial charge in [0.2, 0.25) is 5.91 Å².